The summed E-state index contributed by atoms with van der Waals surface area (Å²) >= 11 is 0. The highest BCUT2D eigenvalue weighted by Crippen LogP contribution is 2.27. The van der Waals surface area contributed by atoms with Crippen LogP contribution >= 0.6 is 0 Å². The van der Waals surface area contributed by atoms with Crippen molar-refractivity contribution in [1.82, 2.24) is 10.1 Å². The molecule has 3 rings (SSSR count). The molecule has 6 heteroatoms. The highest BCUT2D eigenvalue weighted by Gasteiger charge is 2.12. The highest BCUT2D eigenvalue weighted by atomic mass is 16.5. The van der Waals surface area contributed by atoms with Gasteiger partial charge in [-0.05, 0) is 37.6 Å². The van der Waals surface area contributed by atoms with Crippen LogP contribution in [0.3, 0.4) is 0 Å². The fourth-order valence-corrected chi connectivity index (χ4v) is 2.84. The average molecular weight is 328 g/mol. The van der Waals surface area contributed by atoms with Gasteiger partial charge in [0.25, 0.3) is 0 Å². The van der Waals surface area contributed by atoms with E-state index in [-0.39, 0.29) is 5.75 Å². The number of phenols is 1. The van der Waals surface area contributed by atoms with Gasteiger partial charge in [-0.3, -0.25) is 4.90 Å². The molecule has 0 aliphatic carbocycles. The standard InChI is InChI=1S/C18H20N2O4/c1-4-12-6-15-13(7-18(22)23-17(15)8-16(12)21)9-20(3)10-14-5-11(2)24-19-14/h5-8,21H,4,9-10H2,1-3H3. The lowest BCUT2D eigenvalue weighted by Crippen LogP contribution is -2.18. The van der Waals surface area contributed by atoms with Crippen molar-refractivity contribution in [2.45, 2.75) is 33.4 Å². The lowest BCUT2D eigenvalue weighted by atomic mass is 10.0. The number of aromatic hydroxyl groups is 1. The summed E-state index contributed by atoms with van der Waals surface area (Å²) < 4.78 is 10.3. The summed E-state index contributed by atoms with van der Waals surface area (Å²) in [5, 5.41) is 14.8. The molecule has 0 aliphatic heterocycles. The predicted molar refractivity (Wildman–Crippen MR) is 89.9 cm³/mol. The summed E-state index contributed by atoms with van der Waals surface area (Å²) in [4.78, 5) is 13.9. The minimum absolute atomic E-state index is 0.150. The Hall–Kier alpha value is -2.60. The number of rotatable bonds is 5. The zero-order valence-electron chi connectivity index (χ0n) is 14.0. The maximum absolute atomic E-state index is 11.8. The van der Waals surface area contributed by atoms with Crippen LogP contribution in [0.15, 0.2) is 38.0 Å². The first-order valence-corrected chi connectivity index (χ1v) is 7.85. The third-order valence-electron chi connectivity index (χ3n) is 3.96. The Morgan fingerprint density at radius 2 is 1.96 bits per heavy atom. The Balaban J connectivity index is 1.94. The molecule has 0 radical (unpaired) electrons. The number of benzene rings is 1. The third-order valence-corrected chi connectivity index (χ3v) is 3.96. The normalized spacial score (nSPS) is 11.5. The van der Waals surface area contributed by atoms with Gasteiger partial charge in [-0.1, -0.05) is 12.1 Å². The summed E-state index contributed by atoms with van der Waals surface area (Å²) in [6.45, 7) is 4.99. The number of aryl methyl sites for hydroxylation is 2. The maximum atomic E-state index is 11.8. The monoisotopic (exact) mass is 328 g/mol. The topological polar surface area (TPSA) is 79.7 Å². The molecule has 0 atom stereocenters. The molecule has 0 amide bonds. The minimum atomic E-state index is -0.424. The van der Waals surface area contributed by atoms with E-state index in [0.29, 0.717) is 25.1 Å². The number of nitrogens with zero attached hydrogens (tertiary/aromatic N) is 2. The van der Waals surface area contributed by atoms with Crippen molar-refractivity contribution in [3.05, 3.63) is 57.3 Å². The van der Waals surface area contributed by atoms with Gasteiger partial charge in [0, 0.05) is 36.7 Å². The fourth-order valence-electron chi connectivity index (χ4n) is 2.84. The van der Waals surface area contributed by atoms with Crippen LogP contribution in [0.1, 0.15) is 29.5 Å². The first-order chi connectivity index (χ1) is 11.5. The van der Waals surface area contributed by atoms with Gasteiger partial charge in [0.15, 0.2) is 0 Å². The third kappa shape index (κ3) is 3.33. The molecule has 126 valence electrons. The first kappa shape index (κ1) is 16.3. The zero-order chi connectivity index (χ0) is 17.3. The molecule has 2 heterocycles. The highest BCUT2D eigenvalue weighted by molar-refractivity contribution is 5.82. The van der Waals surface area contributed by atoms with E-state index in [0.717, 1.165) is 28.0 Å². The van der Waals surface area contributed by atoms with Crippen molar-refractivity contribution in [3.63, 3.8) is 0 Å². The molecule has 0 spiro atoms. The molecule has 0 unspecified atom stereocenters. The van der Waals surface area contributed by atoms with Gasteiger partial charge in [0.1, 0.15) is 17.1 Å². The molecule has 24 heavy (non-hydrogen) atoms. The van der Waals surface area contributed by atoms with Gasteiger partial charge in [-0.25, -0.2) is 4.79 Å². The lowest BCUT2D eigenvalue weighted by molar-refractivity contribution is 0.302. The molecule has 0 aliphatic rings. The van der Waals surface area contributed by atoms with Crippen molar-refractivity contribution >= 4 is 11.0 Å². The second kappa shape index (κ2) is 6.49. The Bertz CT molecular complexity index is 926. The van der Waals surface area contributed by atoms with Crippen LogP contribution in [0.25, 0.3) is 11.0 Å². The van der Waals surface area contributed by atoms with E-state index in [4.69, 9.17) is 8.94 Å². The van der Waals surface area contributed by atoms with E-state index in [2.05, 4.69) is 5.16 Å². The van der Waals surface area contributed by atoms with Crippen molar-refractivity contribution in [1.29, 1.82) is 0 Å². The molecule has 1 N–H and O–H groups in total. The molecule has 0 saturated heterocycles. The summed E-state index contributed by atoms with van der Waals surface area (Å²) in [5.41, 5.74) is 2.50. The molecule has 0 saturated carbocycles. The fraction of sp³-hybridized carbons (Fsp3) is 0.333. The van der Waals surface area contributed by atoms with Gasteiger partial charge in [0.2, 0.25) is 0 Å². The molecule has 2 aromatic heterocycles. The van der Waals surface area contributed by atoms with E-state index < -0.39 is 5.63 Å². The smallest absolute Gasteiger partial charge is 0.336 e. The van der Waals surface area contributed by atoms with Gasteiger partial charge >= 0.3 is 5.63 Å². The van der Waals surface area contributed by atoms with Gasteiger partial charge < -0.3 is 14.0 Å². The number of phenolic OH excluding ortho intramolecular Hbond substituents is 1. The van der Waals surface area contributed by atoms with Crippen molar-refractivity contribution in [2.24, 2.45) is 0 Å². The quantitative estimate of drug-likeness (QED) is 0.725. The van der Waals surface area contributed by atoms with E-state index in [1.807, 2.05) is 37.9 Å². The molecule has 3 aromatic rings. The number of hydrogen-bond donors (Lipinski definition) is 1. The zero-order valence-corrected chi connectivity index (χ0v) is 14.0. The van der Waals surface area contributed by atoms with Crippen LogP contribution in [0, 0.1) is 6.92 Å². The molecule has 1 aromatic carbocycles. The summed E-state index contributed by atoms with van der Waals surface area (Å²) in [5.74, 6) is 0.920. The molecular formula is C18H20N2O4. The van der Waals surface area contributed by atoms with Crippen LogP contribution in [-0.2, 0) is 19.5 Å². The van der Waals surface area contributed by atoms with E-state index in [1.165, 1.54) is 12.1 Å². The number of hydrogen-bond acceptors (Lipinski definition) is 6. The summed E-state index contributed by atoms with van der Waals surface area (Å²) in [6.07, 6.45) is 0.703. The molecule has 0 bridgehead atoms. The largest absolute Gasteiger partial charge is 0.508 e. The number of aromatic nitrogens is 1. The average Bonchev–Trinajstić information content (AvgIpc) is 2.91. The second-order valence-corrected chi connectivity index (χ2v) is 6.02. The lowest BCUT2D eigenvalue weighted by Gasteiger charge is -2.16. The van der Waals surface area contributed by atoms with Crippen molar-refractivity contribution in [3.8, 4) is 5.75 Å². The molecular weight excluding hydrogens is 308 g/mol. The Labute approximate surface area is 139 Å². The van der Waals surface area contributed by atoms with E-state index >= 15 is 0 Å². The first-order valence-electron chi connectivity index (χ1n) is 7.85. The van der Waals surface area contributed by atoms with Gasteiger partial charge in [-0.2, -0.15) is 0 Å². The Morgan fingerprint density at radius 1 is 1.17 bits per heavy atom. The Morgan fingerprint density at radius 3 is 2.62 bits per heavy atom. The van der Waals surface area contributed by atoms with E-state index in [1.54, 1.807) is 0 Å². The molecule has 6 nitrogen and oxygen atoms in total. The summed E-state index contributed by atoms with van der Waals surface area (Å²) in [7, 11) is 1.95. The van der Waals surface area contributed by atoms with Crippen molar-refractivity contribution < 1.29 is 14.0 Å². The van der Waals surface area contributed by atoms with Crippen LogP contribution < -0.4 is 5.63 Å². The SMILES string of the molecule is CCc1cc2c(CN(C)Cc3cc(C)on3)cc(=O)oc2cc1O. The molecule has 0 fully saturated rings. The van der Waals surface area contributed by atoms with E-state index in [9.17, 15) is 9.90 Å². The second-order valence-electron chi connectivity index (χ2n) is 6.02. The van der Waals surface area contributed by atoms with Gasteiger partial charge in [-0.15, -0.1) is 0 Å². The Kier molecular flexibility index (Phi) is 4.40. The summed E-state index contributed by atoms with van der Waals surface area (Å²) in [6, 6.07) is 6.79. The maximum Gasteiger partial charge on any atom is 0.336 e. The number of fused-ring (bicyclic) bond motifs is 1. The van der Waals surface area contributed by atoms with Crippen LogP contribution in [0.2, 0.25) is 0 Å². The van der Waals surface area contributed by atoms with Crippen LogP contribution in [0.4, 0.5) is 0 Å². The minimum Gasteiger partial charge on any atom is -0.508 e. The van der Waals surface area contributed by atoms with Crippen molar-refractivity contribution in [2.75, 3.05) is 7.05 Å². The van der Waals surface area contributed by atoms with Crippen LogP contribution in [0.5, 0.6) is 5.75 Å². The van der Waals surface area contributed by atoms with Gasteiger partial charge in [0.05, 0.1) is 5.69 Å². The predicted octanol–water partition coefficient (Wildman–Crippen LogP) is 2.99. The van der Waals surface area contributed by atoms with Crippen LogP contribution in [-0.4, -0.2) is 22.2 Å².